The van der Waals surface area contributed by atoms with E-state index in [9.17, 15) is 18.0 Å². The molecule has 1 aliphatic heterocycles. The molecule has 3 N–H and O–H groups in total. The lowest BCUT2D eigenvalue weighted by molar-refractivity contribution is -0.121. The van der Waals surface area contributed by atoms with E-state index >= 15 is 0 Å². The number of rotatable bonds is 5. The monoisotopic (exact) mass is 504 g/mol. The molecule has 9 nitrogen and oxygen atoms in total. The molecule has 1 fully saturated rings. The average Bonchev–Trinajstić information content (AvgIpc) is 3.17. The van der Waals surface area contributed by atoms with E-state index in [2.05, 4.69) is 25.6 Å². The van der Waals surface area contributed by atoms with Crippen LogP contribution >= 0.6 is 39.0 Å². The number of thioether (sulfide) groups is 1. The van der Waals surface area contributed by atoms with E-state index in [1.54, 1.807) is 6.07 Å². The first kappa shape index (κ1) is 20.6. The van der Waals surface area contributed by atoms with Gasteiger partial charge in [0.25, 0.3) is 21.2 Å². The van der Waals surface area contributed by atoms with Crippen molar-refractivity contribution in [1.29, 1.82) is 0 Å². The number of carbonyl (C=O) groups is 2. The number of ether oxygens (including phenoxy) is 1. The van der Waals surface area contributed by atoms with E-state index in [1.807, 2.05) is 0 Å². The van der Waals surface area contributed by atoms with Crippen LogP contribution in [0.1, 0.15) is 5.56 Å². The van der Waals surface area contributed by atoms with E-state index in [0.29, 0.717) is 10.0 Å². The van der Waals surface area contributed by atoms with E-state index in [0.717, 1.165) is 28.0 Å². The van der Waals surface area contributed by atoms with Crippen molar-refractivity contribution in [3.63, 3.8) is 0 Å². The van der Waals surface area contributed by atoms with Crippen molar-refractivity contribution in [1.82, 2.24) is 9.88 Å². The third-order valence-corrected chi connectivity index (χ3v) is 7.90. The molecule has 0 unspecified atom stereocenters. The van der Waals surface area contributed by atoms with Crippen molar-refractivity contribution in [3.8, 4) is 5.75 Å². The molecule has 148 valence electrons. The van der Waals surface area contributed by atoms with Crippen LogP contribution in [-0.2, 0) is 14.8 Å². The number of hydrogen-bond donors (Lipinski definition) is 2. The first-order chi connectivity index (χ1) is 13.1. The number of aromatic nitrogens is 1. The van der Waals surface area contributed by atoms with Crippen molar-refractivity contribution in [2.24, 2.45) is 0 Å². The fourth-order valence-corrected chi connectivity index (χ4v) is 5.46. The number of nitrogens with one attached hydrogen (secondary N) is 1. The largest absolute Gasteiger partial charge is 0.495 e. The normalized spacial score (nSPS) is 16.1. The first-order valence-corrected chi connectivity index (χ1v) is 11.4. The molecule has 0 spiro atoms. The number of methoxy groups -OCH3 is 1. The maximum Gasteiger partial charge on any atom is 0.293 e. The van der Waals surface area contributed by atoms with Gasteiger partial charge in [0.15, 0.2) is 9.34 Å². The number of amides is 2. The molecule has 1 saturated heterocycles. The summed E-state index contributed by atoms with van der Waals surface area (Å²) in [5.41, 5.74) is 6.22. The van der Waals surface area contributed by atoms with Crippen LogP contribution in [0.4, 0.5) is 15.6 Å². The summed E-state index contributed by atoms with van der Waals surface area (Å²) in [7, 11) is -1.11. The first-order valence-electron chi connectivity index (χ1n) is 7.45. The van der Waals surface area contributed by atoms with Gasteiger partial charge in [-0.15, -0.1) is 0 Å². The predicted octanol–water partition coefficient (Wildman–Crippen LogP) is 2.96. The number of nitrogen functional groups attached to an aromatic ring is 1. The van der Waals surface area contributed by atoms with Crippen LogP contribution in [0.3, 0.4) is 0 Å². The topological polar surface area (TPSA) is 132 Å². The Bertz CT molecular complexity index is 1110. The molecule has 2 heterocycles. The second kappa shape index (κ2) is 7.73. The Labute approximate surface area is 177 Å². The number of halogens is 1. The fraction of sp³-hybridized carbons (Fsp3) is 0.133. The zero-order valence-corrected chi connectivity index (χ0v) is 18.5. The van der Waals surface area contributed by atoms with Crippen LogP contribution in [0, 0.1) is 0 Å². The molecule has 1 aromatic carbocycles. The van der Waals surface area contributed by atoms with E-state index in [1.165, 1.54) is 32.5 Å². The third kappa shape index (κ3) is 4.01. The SMILES string of the molecule is COc1cc(/C=C2\SC(=O)N(C)C2=O)c(Br)cc1NS(=O)(=O)c1cnc(N)s1. The van der Waals surface area contributed by atoms with Crippen molar-refractivity contribution >= 4 is 77.1 Å². The van der Waals surface area contributed by atoms with E-state index in [4.69, 9.17) is 10.5 Å². The van der Waals surface area contributed by atoms with Gasteiger partial charge in [-0.25, -0.2) is 13.4 Å². The molecular formula is C15H13BrN4O5S3. The molecule has 28 heavy (non-hydrogen) atoms. The molecule has 2 amide bonds. The summed E-state index contributed by atoms with van der Waals surface area (Å²) in [6.45, 7) is 0. The maximum atomic E-state index is 12.5. The molecule has 0 atom stereocenters. The highest BCUT2D eigenvalue weighted by Gasteiger charge is 2.32. The van der Waals surface area contributed by atoms with Gasteiger partial charge in [-0.2, -0.15) is 0 Å². The number of hydrogen-bond acceptors (Lipinski definition) is 9. The minimum absolute atomic E-state index is 0.0381. The van der Waals surface area contributed by atoms with Gasteiger partial charge in [-0.05, 0) is 35.5 Å². The highest BCUT2D eigenvalue weighted by molar-refractivity contribution is 9.10. The highest BCUT2D eigenvalue weighted by atomic mass is 79.9. The number of anilines is 2. The van der Waals surface area contributed by atoms with Gasteiger partial charge in [-0.1, -0.05) is 27.3 Å². The minimum atomic E-state index is -3.90. The summed E-state index contributed by atoms with van der Waals surface area (Å²) in [5, 5.41) is -0.235. The van der Waals surface area contributed by atoms with Gasteiger partial charge in [0.2, 0.25) is 0 Å². The Morgan fingerprint density at radius 1 is 1.36 bits per heavy atom. The fourth-order valence-electron chi connectivity index (χ4n) is 2.21. The van der Waals surface area contributed by atoms with Gasteiger partial charge in [0, 0.05) is 11.5 Å². The zero-order valence-electron chi connectivity index (χ0n) is 14.4. The van der Waals surface area contributed by atoms with Crippen molar-refractivity contribution in [2.45, 2.75) is 4.21 Å². The van der Waals surface area contributed by atoms with Crippen LogP contribution in [-0.4, -0.2) is 43.6 Å². The summed E-state index contributed by atoms with van der Waals surface area (Å²) < 4.78 is 33.2. The van der Waals surface area contributed by atoms with Crippen LogP contribution < -0.4 is 15.2 Å². The summed E-state index contributed by atoms with van der Waals surface area (Å²) in [4.78, 5) is 28.7. The van der Waals surface area contributed by atoms with Crippen LogP contribution in [0.25, 0.3) is 6.08 Å². The smallest absolute Gasteiger partial charge is 0.293 e. The zero-order chi connectivity index (χ0) is 20.6. The van der Waals surface area contributed by atoms with Gasteiger partial charge < -0.3 is 10.5 Å². The second-order valence-electron chi connectivity index (χ2n) is 5.44. The summed E-state index contributed by atoms with van der Waals surface area (Å²) >= 11 is 5.01. The number of nitrogens with two attached hydrogens (primary N) is 1. The molecule has 0 saturated carbocycles. The lowest BCUT2D eigenvalue weighted by Crippen LogP contribution is -2.22. The van der Waals surface area contributed by atoms with Gasteiger partial charge >= 0.3 is 0 Å². The van der Waals surface area contributed by atoms with Gasteiger partial charge in [0.1, 0.15) is 5.75 Å². The second-order valence-corrected chi connectivity index (χ2v) is 10.3. The number of carbonyl (C=O) groups excluding carboxylic acids is 2. The van der Waals surface area contributed by atoms with Crippen LogP contribution in [0.5, 0.6) is 5.75 Å². The number of thiazole rings is 1. The van der Waals surface area contributed by atoms with E-state index < -0.39 is 15.9 Å². The average molecular weight is 505 g/mol. The van der Waals surface area contributed by atoms with Gasteiger partial charge in [0.05, 0.1) is 23.9 Å². The molecule has 1 aliphatic rings. The molecule has 0 radical (unpaired) electrons. The molecule has 3 rings (SSSR count). The summed E-state index contributed by atoms with van der Waals surface area (Å²) in [5.74, 6) is -0.181. The number of benzene rings is 1. The van der Waals surface area contributed by atoms with E-state index in [-0.39, 0.29) is 30.9 Å². The quantitative estimate of drug-likeness (QED) is 0.593. The Hall–Kier alpha value is -2.09. The summed E-state index contributed by atoms with van der Waals surface area (Å²) in [6.07, 6.45) is 2.70. The standard InChI is InChI=1S/C15H13BrN4O5S3/c1-20-13(21)11(26-15(20)22)4-7-3-10(25-2)9(5-8(7)16)19-28(23,24)12-6-18-14(17)27-12/h3-6,19H,1-2H3,(H2,17,18)/b11-4-. The van der Waals surface area contributed by atoms with Crippen molar-refractivity contribution in [3.05, 3.63) is 33.3 Å². The Kier molecular flexibility index (Phi) is 5.70. The molecular weight excluding hydrogens is 492 g/mol. The predicted molar refractivity (Wildman–Crippen MR) is 112 cm³/mol. The van der Waals surface area contributed by atoms with Crippen molar-refractivity contribution in [2.75, 3.05) is 24.6 Å². The van der Waals surface area contributed by atoms with Gasteiger partial charge in [-0.3, -0.25) is 19.2 Å². The molecule has 0 bridgehead atoms. The molecule has 0 aliphatic carbocycles. The Balaban J connectivity index is 1.97. The van der Waals surface area contributed by atoms with Crippen molar-refractivity contribution < 1.29 is 22.7 Å². The molecule has 1 aromatic heterocycles. The summed E-state index contributed by atoms with van der Waals surface area (Å²) in [6, 6.07) is 3.05. The third-order valence-electron chi connectivity index (χ3n) is 3.60. The number of nitrogens with zero attached hydrogens (tertiary/aromatic N) is 2. The minimum Gasteiger partial charge on any atom is -0.495 e. The number of sulfonamides is 1. The Morgan fingerprint density at radius 3 is 2.61 bits per heavy atom. The maximum absolute atomic E-state index is 12.5. The molecule has 13 heteroatoms. The highest BCUT2D eigenvalue weighted by Crippen LogP contribution is 2.37. The Morgan fingerprint density at radius 2 is 2.07 bits per heavy atom. The number of likely N-dealkylation sites (N-methyl/N-ethyl adjacent to an activating group) is 1. The lowest BCUT2D eigenvalue weighted by atomic mass is 10.1. The van der Waals surface area contributed by atoms with Crippen LogP contribution in [0.2, 0.25) is 0 Å². The molecule has 2 aromatic rings. The lowest BCUT2D eigenvalue weighted by Gasteiger charge is -2.13. The van der Waals surface area contributed by atoms with Crippen LogP contribution in [0.15, 0.2) is 31.9 Å². The number of imide groups is 1.